The van der Waals surface area contributed by atoms with Crippen molar-refractivity contribution >= 4 is 15.9 Å². The van der Waals surface area contributed by atoms with Crippen molar-refractivity contribution in [3.05, 3.63) is 58.1 Å². The van der Waals surface area contributed by atoms with Crippen molar-refractivity contribution in [2.75, 3.05) is 14.2 Å². The van der Waals surface area contributed by atoms with Gasteiger partial charge in [-0.2, -0.15) is 0 Å². The Kier molecular flexibility index (Phi) is 4.86. The number of methoxy groups -OCH3 is 2. The Hall–Kier alpha value is -1.48. The Bertz CT molecular complexity index is 535. The molecule has 0 saturated carbocycles. The highest BCUT2D eigenvalue weighted by Crippen LogP contribution is 2.24. The van der Waals surface area contributed by atoms with E-state index in [1.807, 2.05) is 24.3 Å². The van der Waals surface area contributed by atoms with Gasteiger partial charge >= 0.3 is 0 Å². The van der Waals surface area contributed by atoms with Gasteiger partial charge < -0.3 is 9.47 Å². The van der Waals surface area contributed by atoms with Gasteiger partial charge in [0, 0.05) is 4.47 Å². The quantitative estimate of drug-likeness (QED) is 0.819. The number of ether oxygens (including phenoxy) is 2. The molecule has 0 spiro atoms. The molecule has 0 aliphatic carbocycles. The van der Waals surface area contributed by atoms with Crippen LogP contribution in [0.5, 0.6) is 11.5 Å². The molecule has 3 heteroatoms. The molecule has 0 atom stereocenters. The molecule has 19 heavy (non-hydrogen) atoms. The average Bonchev–Trinajstić information content (AvgIpc) is 2.46. The van der Waals surface area contributed by atoms with Crippen LogP contribution in [0.2, 0.25) is 0 Å². The van der Waals surface area contributed by atoms with Crippen molar-refractivity contribution in [2.24, 2.45) is 0 Å². The standard InChI is InChI=1S/C16H17BrO2/c1-18-14-8-4-12(5-9-14)3-6-13-7-10-15(19-2)11-16(13)17/h4-5,7-11H,3,6H2,1-2H3. The molecule has 0 amide bonds. The predicted molar refractivity (Wildman–Crippen MR) is 81.1 cm³/mol. The third kappa shape index (κ3) is 3.74. The molecule has 2 aromatic carbocycles. The lowest BCUT2D eigenvalue weighted by atomic mass is 10.0. The molecule has 2 aromatic rings. The SMILES string of the molecule is COc1ccc(CCc2ccc(OC)cc2Br)cc1. The number of rotatable bonds is 5. The highest BCUT2D eigenvalue weighted by atomic mass is 79.9. The summed E-state index contributed by atoms with van der Waals surface area (Å²) in [7, 11) is 3.36. The first-order valence-electron chi connectivity index (χ1n) is 6.18. The molecule has 0 bridgehead atoms. The van der Waals surface area contributed by atoms with Gasteiger partial charge in [-0.1, -0.05) is 34.1 Å². The predicted octanol–water partition coefficient (Wildman–Crippen LogP) is 4.25. The fourth-order valence-electron chi connectivity index (χ4n) is 1.93. The van der Waals surface area contributed by atoms with E-state index in [0.717, 1.165) is 28.8 Å². The van der Waals surface area contributed by atoms with Crippen LogP contribution in [-0.2, 0) is 12.8 Å². The maximum atomic E-state index is 5.19. The molecular formula is C16H17BrO2. The minimum absolute atomic E-state index is 0.875. The highest BCUT2D eigenvalue weighted by Gasteiger charge is 2.03. The lowest BCUT2D eigenvalue weighted by molar-refractivity contribution is 0.414. The monoisotopic (exact) mass is 320 g/mol. The molecule has 2 rings (SSSR count). The fraction of sp³-hybridized carbons (Fsp3) is 0.250. The van der Waals surface area contributed by atoms with Crippen LogP contribution < -0.4 is 9.47 Å². The van der Waals surface area contributed by atoms with Gasteiger partial charge in [-0.3, -0.25) is 0 Å². The van der Waals surface area contributed by atoms with Crippen LogP contribution in [0.1, 0.15) is 11.1 Å². The number of benzene rings is 2. The van der Waals surface area contributed by atoms with Gasteiger partial charge in [0.05, 0.1) is 14.2 Å². The van der Waals surface area contributed by atoms with Gasteiger partial charge in [-0.15, -0.1) is 0 Å². The summed E-state index contributed by atoms with van der Waals surface area (Å²) in [5, 5.41) is 0. The first-order valence-corrected chi connectivity index (χ1v) is 6.97. The zero-order valence-corrected chi connectivity index (χ0v) is 12.7. The summed E-state index contributed by atoms with van der Waals surface area (Å²) < 4.78 is 11.4. The summed E-state index contributed by atoms with van der Waals surface area (Å²) in [5.74, 6) is 1.77. The maximum absolute atomic E-state index is 5.19. The van der Waals surface area contributed by atoms with E-state index < -0.39 is 0 Å². The molecule has 0 N–H and O–H groups in total. The fourth-order valence-corrected chi connectivity index (χ4v) is 2.49. The van der Waals surface area contributed by atoms with E-state index in [9.17, 15) is 0 Å². The van der Waals surface area contributed by atoms with Gasteiger partial charge in [-0.25, -0.2) is 0 Å². The summed E-state index contributed by atoms with van der Waals surface area (Å²) in [5.41, 5.74) is 2.60. The van der Waals surface area contributed by atoms with Crippen molar-refractivity contribution in [1.29, 1.82) is 0 Å². The summed E-state index contributed by atoms with van der Waals surface area (Å²) in [6, 6.07) is 14.3. The van der Waals surface area contributed by atoms with Crippen molar-refractivity contribution in [3.8, 4) is 11.5 Å². The van der Waals surface area contributed by atoms with Crippen LogP contribution in [-0.4, -0.2) is 14.2 Å². The molecule has 0 saturated heterocycles. The van der Waals surface area contributed by atoms with Crippen LogP contribution in [0, 0.1) is 0 Å². The normalized spacial score (nSPS) is 10.3. The summed E-state index contributed by atoms with van der Waals surface area (Å²) in [4.78, 5) is 0. The Balaban J connectivity index is 2.01. The average molecular weight is 321 g/mol. The summed E-state index contributed by atoms with van der Waals surface area (Å²) >= 11 is 3.58. The molecular weight excluding hydrogens is 304 g/mol. The molecule has 0 aliphatic rings. The molecule has 0 aliphatic heterocycles. The molecule has 100 valence electrons. The lowest BCUT2D eigenvalue weighted by Gasteiger charge is -2.07. The van der Waals surface area contributed by atoms with Crippen LogP contribution in [0.4, 0.5) is 0 Å². The number of hydrogen-bond acceptors (Lipinski definition) is 2. The second-order valence-corrected chi connectivity index (χ2v) is 5.16. The minimum Gasteiger partial charge on any atom is -0.497 e. The molecule has 0 fully saturated rings. The van der Waals surface area contributed by atoms with Gasteiger partial charge in [0.25, 0.3) is 0 Å². The lowest BCUT2D eigenvalue weighted by Crippen LogP contribution is -1.93. The third-order valence-corrected chi connectivity index (χ3v) is 3.84. The molecule has 0 radical (unpaired) electrons. The Morgan fingerprint density at radius 2 is 1.47 bits per heavy atom. The molecule has 0 heterocycles. The number of hydrogen-bond donors (Lipinski definition) is 0. The smallest absolute Gasteiger partial charge is 0.120 e. The van der Waals surface area contributed by atoms with E-state index in [2.05, 4.69) is 34.1 Å². The summed E-state index contributed by atoms with van der Waals surface area (Å²) in [6.45, 7) is 0. The number of halogens is 1. The minimum atomic E-state index is 0.875. The Labute approximate surface area is 122 Å². The first kappa shape index (κ1) is 13.9. The molecule has 0 aromatic heterocycles. The van der Waals surface area contributed by atoms with Crippen molar-refractivity contribution in [1.82, 2.24) is 0 Å². The topological polar surface area (TPSA) is 18.5 Å². The van der Waals surface area contributed by atoms with Crippen LogP contribution >= 0.6 is 15.9 Å². The third-order valence-electron chi connectivity index (χ3n) is 3.10. The van der Waals surface area contributed by atoms with E-state index in [4.69, 9.17) is 9.47 Å². The van der Waals surface area contributed by atoms with Gasteiger partial charge in [-0.05, 0) is 48.2 Å². The van der Waals surface area contributed by atoms with Crippen LogP contribution in [0.25, 0.3) is 0 Å². The van der Waals surface area contributed by atoms with Crippen molar-refractivity contribution in [2.45, 2.75) is 12.8 Å². The van der Waals surface area contributed by atoms with E-state index in [1.165, 1.54) is 11.1 Å². The Morgan fingerprint density at radius 1 is 0.842 bits per heavy atom. The van der Waals surface area contributed by atoms with Gasteiger partial charge in [0.15, 0.2) is 0 Å². The second-order valence-electron chi connectivity index (χ2n) is 4.31. The van der Waals surface area contributed by atoms with Gasteiger partial charge in [0.1, 0.15) is 11.5 Å². The Morgan fingerprint density at radius 3 is 2.05 bits per heavy atom. The second kappa shape index (κ2) is 6.62. The van der Waals surface area contributed by atoms with E-state index in [0.29, 0.717) is 0 Å². The van der Waals surface area contributed by atoms with Crippen molar-refractivity contribution < 1.29 is 9.47 Å². The van der Waals surface area contributed by atoms with Crippen molar-refractivity contribution in [3.63, 3.8) is 0 Å². The van der Waals surface area contributed by atoms with E-state index in [1.54, 1.807) is 14.2 Å². The van der Waals surface area contributed by atoms with Crippen LogP contribution in [0.3, 0.4) is 0 Å². The highest BCUT2D eigenvalue weighted by molar-refractivity contribution is 9.10. The summed E-state index contributed by atoms with van der Waals surface area (Å²) in [6.07, 6.45) is 2.01. The molecule has 2 nitrogen and oxygen atoms in total. The molecule has 0 unspecified atom stereocenters. The van der Waals surface area contributed by atoms with Gasteiger partial charge in [0.2, 0.25) is 0 Å². The zero-order valence-electron chi connectivity index (χ0n) is 11.2. The largest absolute Gasteiger partial charge is 0.497 e. The van der Waals surface area contributed by atoms with E-state index >= 15 is 0 Å². The van der Waals surface area contributed by atoms with E-state index in [-0.39, 0.29) is 0 Å². The maximum Gasteiger partial charge on any atom is 0.120 e. The van der Waals surface area contributed by atoms with Crippen LogP contribution in [0.15, 0.2) is 46.9 Å². The first-order chi connectivity index (χ1) is 9.22. The number of aryl methyl sites for hydroxylation is 2. The zero-order chi connectivity index (χ0) is 13.7.